The van der Waals surface area contributed by atoms with Gasteiger partial charge in [0, 0.05) is 6.42 Å². The van der Waals surface area contributed by atoms with Crippen molar-refractivity contribution < 1.29 is 4.39 Å². The summed E-state index contributed by atoms with van der Waals surface area (Å²) in [6, 6.07) is 10.3. The molecular weight excluding hydrogens is 319 g/mol. The minimum atomic E-state index is -0.0786. The van der Waals surface area contributed by atoms with Crippen molar-refractivity contribution in [2.75, 3.05) is 0 Å². The highest BCUT2D eigenvalue weighted by molar-refractivity contribution is 5.15. The van der Waals surface area contributed by atoms with E-state index >= 15 is 0 Å². The topological polar surface area (TPSA) is 0 Å². The van der Waals surface area contributed by atoms with Crippen molar-refractivity contribution in [1.29, 1.82) is 0 Å². The summed E-state index contributed by atoms with van der Waals surface area (Å²) in [6.07, 6.45) is 20.0. The average Bonchev–Trinajstić information content (AvgIpc) is 2.67. The van der Waals surface area contributed by atoms with Gasteiger partial charge in [-0.2, -0.15) is 0 Å². The molecular formula is C25H39F. The number of aryl methyl sites for hydroxylation is 1. The Morgan fingerprint density at radius 2 is 1.35 bits per heavy atom. The fourth-order valence-electron chi connectivity index (χ4n) is 3.26. The van der Waals surface area contributed by atoms with Crippen LogP contribution in [0.3, 0.4) is 0 Å². The first-order valence-electron chi connectivity index (χ1n) is 11.0. The van der Waals surface area contributed by atoms with E-state index in [1.807, 2.05) is 24.3 Å². The Balaban J connectivity index is 1.91. The summed E-state index contributed by atoms with van der Waals surface area (Å²) in [7, 11) is 0. The van der Waals surface area contributed by atoms with Gasteiger partial charge in [-0.05, 0) is 30.9 Å². The average molecular weight is 359 g/mol. The van der Waals surface area contributed by atoms with E-state index in [0.29, 0.717) is 6.42 Å². The molecule has 1 rings (SSSR count). The van der Waals surface area contributed by atoms with E-state index in [4.69, 9.17) is 0 Å². The molecule has 0 amide bonds. The quantitative estimate of drug-likeness (QED) is 0.205. The van der Waals surface area contributed by atoms with E-state index in [0.717, 1.165) is 25.7 Å². The number of halogens is 1. The van der Waals surface area contributed by atoms with Crippen molar-refractivity contribution in [2.45, 2.75) is 103 Å². The summed E-state index contributed by atoms with van der Waals surface area (Å²) in [6.45, 7) is 2.27. The molecule has 146 valence electrons. The largest absolute Gasteiger partial charge is 0.203 e. The lowest BCUT2D eigenvalue weighted by Gasteiger charge is -2.02. The maximum absolute atomic E-state index is 13.7. The van der Waals surface area contributed by atoms with E-state index in [2.05, 4.69) is 24.8 Å². The summed E-state index contributed by atoms with van der Waals surface area (Å²) >= 11 is 0. The number of unbranched alkanes of at least 4 members (excludes halogenated alkanes) is 11. The SMILES string of the molecule is CCCCCCCCCCCCCCC(F)=C=CCCc1ccccc1. The lowest BCUT2D eigenvalue weighted by atomic mass is 10.0. The van der Waals surface area contributed by atoms with Gasteiger partial charge >= 0.3 is 0 Å². The lowest BCUT2D eigenvalue weighted by molar-refractivity contribution is 0.525. The van der Waals surface area contributed by atoms with Crippen LogP contribution < -0.4 is 0 Å². The fraction of sp³-hybridized carbons (Fsp3) is 0.640. The minimum absolute atomic E-state index is 0.0786. The van der Waals surface area contributed by atoms with Crippen LogP contribution in [0.1, 0.15) is 102 Å². The number of benzene rings is 1. The molecule has 0 aliphatic carbocycles. The third kappa shape index (κ3) is 13.9. The Labute approximate surface area is 161 Å². The summed E-state index contributed by atoms with van der Waals surface area (Å²) in [5.41, 5.74) is 4.12. The molecule has 0 fully saturated rings. The molecule has 0 nitrogen and oxygen atoms in total. The van der Waals surface area contributed by atoms with Crippen LogP contribution >= 0.6 is 0 Å². The van der Waals surface area contributed by atoms with Gasteiger partial charge in [-0.25, -0.2) is 4.39 Å². The molecule has 0 aliphatic rings. The van der Waals surface area contributed by atoms with Gasteiger partial charge in [0.2, 0.25) is 0 Å². The van der Waals surface area contributed by atoms with E-state index in [-0.39, 0.29) is 5.83 Å². The molecule has 0 spiro atoms. The fourth-order valence-corrected chi connectivity index (χ4v) is 3.26. The molecule has 0 unspecified atom stereocenters. The molecule has 1 heteroatoms. The summed E-state index contributed by atoms with van der Waals surface area (Å²) in [5.74, 6) is -0.0786. The summed E-state index contributed by atoms with van der Waals surface area (Å²) in [5, 5.41) is 0. The van der Waals surface area contributed by atoms with Gasteiger partial charge in [0.15, 0.2) is 0 Å². The molecule has 0 N–H and O–H groups in total. The zero-order valence-corrected chi connectivity index (χ0v) is 16.9. The standard InChI is InChI=1S/C25H39F/c1-2-3-4-5-6-7-8-9-10-11-12-16-22-25(26)23-18-17-21-24-19-14-13-15-20-24/h13-15,18-20H,2-12,16-17,21-22H2,1H3. The smallest absolute Gasteiger partial charge is 0.142 e. The van der Waals surface area contributed by atoms with Crippen molar-refractivity contribution in [2.24, 2.45) is 0 Å². The molecule has 0 atom stereocenters. The van der Waals surface area contributed by atoms with Crippen LogP contribution in [0.2, 0.25) is 0 Å². The molecule has 0 aliphatic heterocycles. The second kappa shape index (κ2) is 17.1. The van der Waals surface area contributed by atoms with E-state index in [1.54, 1.807) is 0 Å². The van der Waals surface area contributed by atoms with Crippen molar-refractivity contribution in [3.05, 3.63) is 53.5 Å². The van der Waals surface area contributed by atoms with Gasteiger partial charge in [0.05, 0.1) is 0 Å². The maximum atomic E-state index is 13.7. The van der Waals surface area contributed by atoms with Crippen LogP contribution in [0.5, 0.6) is 0 Å². The molecule has 0 radical (unpaired) electrons. The normalized spacial score (nSPS) is 10.5. The number of hydrogen-bond donors (Lipinski definition) is 0. The van der Waals surface area contributed by atoms with Gasteiger partial charge in [-0.3, -0.25) is 0 Å². The highest BCUT2D eigenvalue weighted by Gasteiger charge is 1.96. The molecule has 0 saturated heterocycles. The van der Waals surface area contributed by atoms with Crippen molar-refractivity contribution in [3.8, 4) is 0 Å². The maximum Gasteiger partial charge on any atom is 0.142 e. The van der Waals surface area contributed by atoms with Crippen LogP contribution in [-0.2, 0) is 6.42 Å². The van der Waals surface area contributed by atoms with Crippen molar-refractivity contribution in [1.82, 2.24) is 0 Å². The molecule has 0 saturated carbocycles. The predicted molar refractivity (Wildman–Crippen MR) is 113 cm³/mol. The molecule has 1 aromatic rings. The summed E-state index contributed by atoms with van der Waals surface area (Å²) in [4.78, 5) is 0. The Morgan fingerprint density at radius 3 is 1.92 bits per heavy atom. The highest BCUT2D eigenvalue weighted by Crippen LogP contribution is 2.14. The van der Waals surface area contributed by atoms with E-state index in [9.17, 15) is 4.39 Å². The van der Waals surface area contributed by atoms with Crippen LogP contribution in [0, 0.1) is 0 Å². The molecule has 1 aromatic carbocycles. The minimum Gasteiger partial charge on any atom is -0.203 e. The third-order valence-electron chi connectivity index (χ3n) is 4.93. The zero-order valence-electron chi connectivity index (χ0n) is 16.9. The van der Waals surface area contributed by atoms with Gasteiger partial charge in [0.25, 0.3) is 0 Å². The molecule has 26 heavy (non-hydrogen) atoms. The van der Waals surface area contributed by atoms with Gasteiger partial charge in [-0.15, -0.1) is 0 Å². The Morgan fingerprint density at radius 1 is 0.808 bits per heavy atom. The monoisotopic (exact) mass is 358 g/mol. The number of hydrogen-bond acceptors (Lipinski definition) is 0. The predicted octanol–water partition coefficient (Wildman–Crippen LogP) is 8.72. The highest BCUT2D eigenvalue weighted by atomic mass is 19.1. The van der Waals surface area contributed by atoms with E-state index < -0.39 is 0 Å². The molecule has 0 bridgehead atoms. The molecule has 0 heterocycles. The van der Waals surface area contributed by atoms with Gasteiger partial charge < -0.3 is 0 Å². The third-order valence-corrected chi connectivity index (χ3v) is 4.93. The van der Waals surface area contributed by atoms with Crippen LogP contribution in [0.15, 0.2) is 48.0 Å². The number of rotatable bonds is 16. The van der Waals surface area contributed by atoms with Crippen molar-refractivity contribution in [3.63, 3.8) is 0 Å². The second-order valence-corrected chi connectivity index (χ2v) is 7.42. The first-order chi connectivity index (χ1) is 12.8. The van der Waals surface area contributed by atoms with Crippen LogP contribution in [0.25, 0.3) is 0 Å². The summed E-state index contributed by atoms with van der Waals surface area (Å²) < 4.78 is 13.7. The lowest BCUT2D eigenvalue weighted by Crippen LogP contribution is -1.83. The second-order valence-electron chi connectivity index (χ2n) is 7.42. The van der Waals surface area contributed by atoms with E-state index in [1.165, 1.54) is 69.8 Å². The Kier molecular flexibility index (Phi) is 14.9. The van der Waals surface area contributed by atoms with Gasteiger partial charge in [0.1, 0.15) is 5.83 Å². The first kappa shape index (κ1) is 22.7. The first-order valence-corrected chi connectivity index (χ1v) is 11.0. The van der Waals surface area contributed by atoms with Crippen molar-refractivity contribution >= 4 is 0 Å². The number of allylic oxidation sites excluding steroid dienone is 1. The Bertz CT molecular complexity index is 482. The van der Waals surface area contributed by atoms with Crippen LogP contribution in [-0.4, -0.2) is 0 Å². The molecule has 0 aromatic heterocycles. The zero-order chi connectivity index (χ0) is 18.7. The van der Waals surface area contributed by atoms with Crippen LogP contribution in [0.4, 0.5) is 4.39 Å². The van der Waals surface area contributed by atoms with Gasteiger partial charge in [-0.1, -0.05) is 114 Å². The Hall–Kier alpha value is -1.33.